The van der Waals surface area contributed by atoms with Crippen LogP contribution in [0.2, 0.25) is 0 Å². The monoisotopic (exact) mass is 339 g/mol. The lowest BCUT2D eigenvalue weighted by atomic mass is 10.1. The summed E-state index contributed by atoms with van der Waals surface area (Å²) in [4.78, 5) is 35.9. The van der Waals surface area contributed by atoms with Gasteiger partial charge in [0.1, 0.15) is 0 Å². The van der Waals surface area contributed by atoms with E-state index in [0.717, 1.165) is 5.56 Å². The number of ketones is 1. The van der Waals surface area contributed by atoms with Crippen molar-refractivity contribution in [3.05, 3.63) is 65.7 Å². The van der Waals surface area contributed by atoms with E-state index in [0.29, 0.717) is 11.3 Å². The van der Waals surface area contributed by atoms with E-state index < -0.39 is 12.1 Å². The summed E-state index contributed by atoms with van der Waals surface area (Å²) in [6.07, 6.45) is -0.960. The molecular weight excluding hydrogens is 318 g/mol. The number of aryl methyl sites for hydroxylation is 1. The summed E-state index contributed by atoms with van der Waals surface area (Å²) in [5.74, 6) is -1.11. The first kappa shape index (κ1) is 18.4. The molecule has 2 aromatic carbocycles. The first-order valence-corrected chi connectivity index (χ1v) is 8.11. The van der Waals surface area contributed by atoms with E-state index in [-0.39, 0.29) is 24.5 Å². The summed E-state index contributed by atoms with van der Waals surface area (Å²) in [6.45, 7) is 3.46. The number of carbonyl (C=O) groups excluding carboxylic acids is 3. The predicted octanol–water partition coefficient (Wildman–Crippen LogP) is 3.53. The van der Waals surface area contributed by atoms with Crippen molar-refractivity contribution < 1.29 is 19.1 Å². The van der Waals surface area contributed by atoms with Crippen molar-refractivity contribution in [2.75, 3.05) is 5.32 Å². The Labute approximate surface area is 147 Å². The minimum Gasteiger partial charge on any atom is -0.454 e. The van der Waals surface area contributed by atoms with Gasteiger partial charge in [-0.05, 0) is 31.5 Å². The number of ether oxygens (including phenoxy) is 1. The summed E-state index contributed by atoms with van der Waals surface area (Å²) in [7, 11) is 0. The topological polar surface area (TPSA) is 72.5 Å². The fraction of sp³-hybridized carbons (Fsp3) is 0.250. The number of amides is 1. The smallest absolute Gasteiger partial charge is 0.307 e. The summed E-state index contributed by atoms with van der Waals surface area (Å²) in [6, 6.07) is 16.0. The van der Waals surface area contributed by atoms with Gasteiger partial charge >= 0.3 is 5.97 Å². The van der Waals surface area contributed by atoms with E-state index in [4.69, 9.17) is 4.74 Å². The molecule has 0 fully saturated rings. The fourth-order valence-corrected chi connectivity index (χ4v) is 2.31. The average Bonchev–Trinajstić information content (AvgIpc) is 2.60. The summed E-state index contributed by atoms with van der Waals surface area (Å²) in [5, 5.41) is 2.73. The lowest BCUT2D eigenvalue weighted by Gasteiger charge is -2.12. The number of Topliss-reactive ketones (excluding diaryl/α,β-unsaturated/α-hetero) is 1. The van der Waals surface area contributed by atoms with Crippen LogP contribution in [-0.4, -0.2) is 23.8 Å². The van der Waals surface area contributed by atoms with Gasteiger partial charge in [-0.2, -0.15) is 0 Å². The van der Waals surface area contributed by atoms with E-state index in [1.807, 2.05) is 25.1 Å². The lowest BCUT2D eigenvalue weighted by molar-refractivity contribution is -0.147. The van der Waals surface area contributed by atoms with Gasteiger partial charge in [-0.15, -0.1) is 0 Å². The highest BCUT2D eigenvalue weighted by Gasteiger charge is 2.19. The molecule has 5 heteroatoms. The van der Waals surface area contributed by atoms with E-state index in [1.165, 1.54) is 6.92 Å². The molecular formula is C20H21NO4. The van der Waals surface area contributed by atoms with Gasteiger partial charge in [0.2, 0.25) is 11.7 Å². The highest BCUT2D eigenvalue weighted by atomic mass is 16.5. The van der Waals surface area contributed by atoms with Crippen LogP contribution in [0.3, 0.4) is 0 Å². The highest BCUT2D eigenvalue weighted by Crippen LogP contribution is 2.11. The van der Waals surface area contributed by atoms with Crippen molar-refractivity contribution in [3.63, 3.8) is 0 Å². The Hall–Kier alpha value is -2.95. The van der Waals surface area contributed by atoms with Crippen LogP contribution in [0, 0.1) is 6.92 Å². The molecule has 0 radical (unpaired) electrons. The van der Waals surface area contributed by atoms with Crippen LogP contribution in [0.15, 0.2) is 54.6 Å². The van der Waals surface area contributed by atoms with Crippen LogP contribution in [-0.2, 0) is 14.3 Å². The van der Waals surface area contributed by atoms with Gasteiger partial charge in [-0.3, -0.25) is 14.4 Å². The van der Waals surface area contributed by atoms with Crippen LogP contribution >= 0.6 is 0 Å². The molecule has 1 amide bonds. The summed E-state index contributed by atoms with van der Waals surface area (Å²) < 4.78 is 5.12. The van der Waals surface area contributed by atoms with Crippen LogP contribution in [0.5, 0.6) is 0 Å². The van der Waals surface area contributed by atoms with Gasteiger partial charge in [0, 0.05) is 17.7 Å². The second-order valence-electron chi connectivity index (χ2n) is 5.78. The van der Waals surface area contributed by atoms with Gasteiger partial charge in [-0.25, -0.2) is 0 Å². The third kappa shape index (κ3) is 5.88. The minimum atomic E-state index is -0.880. The molecule has 0 aliphatic carbocycles. The molecule has 0 aromatic heterocycles. The maximum absolute atomic E-state index is 12.1. The first-order valence-electron chi connectivity index (χ1n) is 8.11. The van der Waals surface area contributed by atoms with Gasteiger partial charge < -0.3 is 10.1 Å². The van der Waals surface area contributed by atoms with Gasteiger partial charge in [-0.1, -0.05) is 42.5 Å². The van der Waals surface area contributed by atoms with Crippen molar-refractivity contribution in [3.8, 4) is 0 Å². The molecule has 130 valence electrons. The van der Waals surface area contributed by atoms with Gasteiger partial charge in [0.05, 0.1) is 6.42 Å². The van der Waals surface area contributed by atoms with Crippen molar-refractivity contribution >= 4 is 23.3 Å². The first-order chi connectivity index (χ1) is 12.0. The third-order valence-corrected chi connectivity index (χ3v) is 3.59. The van der Waals surface area contributed by atoms with Crippen molar-refractivity contribution in [1.82, 2.24) is 0 Å². The molecule has 0 bridgehead atoms. The van der Waals surface area contributed by atoms with Crippen LogP contribution in [0.1, 0.15) is 35.7 Å². The van der Waals surface area contributed by atoms with Crippen LogP contribution < -0.4 is 5.32 Å². The van der Waals surface area contributed by atoms with Crippen molar-refractivity contribution in [1.29, 1.82) is 0 Å². The Morgan fingerprint density at radius 3 is 2.40 bits per heavy atom. The van der Waals surface area contributed by atoms with E-state index in [9.17, 15) is 14.4 Å². The van der Waals surface area contributed by atoms with Gasteiger partial charge in [0.25, 0.3) is 0 Å². The molecule has 0 aliphatic heterocycles. The molecule has 25 heavy (non-hydrogen) atoms. The number of hydrogen-bond donors (Lipinski definition) is 1. The molecule has 0 spiro atoms. The number of carbonyl (C=O) groups is 3. The molecule has 2 aromatic rings. The third-order valence-electron chi connectivity index (χ3n) is 3.59. The van der Waals surface area contributed by atoms with Crippen LogP contribution in [0.4, 0.5) is 5.69 Å². The molecule has 0 aliphatic rings. The Kier molecular flexibility index (Phi) is 6.46. The number of hydrogen-bond acceptors (Lipinski definition) is 4. The number of benzene rings is 2. The van der Waals surface area contributed by atoms with Crippen molar-refractivity contribution in [2.45, 2.75) is 32.8 Å². The Morgan fingerprint density at radius 2 is 1.72 bits per heavy atom. The molecule has 1 N–H and O–H groups in total. The molecule has 0 heterocycles. The molecule has 0 saturated carbocycles. The largest absolute Gasteiger partial charge is 0.454 e. The predicted molar refractivity (Wildman–Crippen MR) is 95.4 cm³/mol. The zero-order valence-electron chi connectivity index (χ0n) is 14.3. The van der Waals surface area contributed by atoms with Crippen LogP contribution in [0.25, 0.3) is 0 Å². The normalized spacial score (nSPS) is 11.4. The molecule has 2 rings (SSSR count). The summed E-state index contributed by atoms with van der Waals surface area (Å²) in [5.41, 5.74) is 2.21. The van der Waals surface area contributed by atoms with E-state index in [2.05, 4.69) is 5.32 Å². The van der Waals surface area contributed by atoms with E-state index in [1.54, 1.807) is 36.4 Å². The lowest BCUT2D eigenvalue weighted by Crippen LogP contribution is -2.25. The quantitative estimate of drug-likeness (QED) is 0.619. The Bertz CT molecular complexity index is 755. The highest BCUT2D eigenvalue weighted by molar-refractivity contribution is 6.00. The second kappa shape index (κ2) is 8.78. The Balaban J connectivity index is 1.78. The molecule has 0 unspecified atom stereocenters. The molecule has 0 saturated heterocycles. The maximum atomic E-state index is 12.1. The Morgan fingerprint density at radius 1 is 1.00 bits per heavy atom. The standard InChI is InChI=1S/C20H21NO4/c1-14-7-6-10-17(13-14)21-18(22)11-12-19(23)25-15(2)20(24)16-8-4-3-5-9-16/h3-10,13,15H,11-12H2,1-2H3,(H,21,22)/t15-/m1/s1. The van der Waals surface area contributed by atoms with Gasteiger partial charge in [0.15, 0.2) is 6.10 Å². The molecule has 1 atom stereocenters. The zero-order valence-corrected chi connectivity index (χ0v) is 14.3. The molecule has 5 nitrogen and oxygen atoms in total. The fourth-order valence-electron chi connectivity index (χ4n) is 2.31. The number of nitrogens with one attached hydrogen (secondary N) is 1. The number of esters is 1. The summed E-state index contributed by atoms with van der Waals surface area (Å²) >= 11 is 0. The van der Waals surface area contributed by atoms with E-state index >= 15 is 0 Å². The zero-order chi connectivity index (χ0) is 18.2. The maximum Gasteiger partial charge on any atom is 0.307 e. The SMILES string of the molecule is Cc1cccc(NC(=O)CCC(=O)O[C@H](C)C(=O)c2ccccc2)c1. The number of anilines is 1. The number of rotatable bonds is 7. The average molecular weight is 339 g/mol. The minimum absolute atomic E-state index is 0.000970. The second-order valence-corrected chi connectivity index (χ2v) is 5.78. The van der Waals surface area contributed by atoms with Crippen molar-refractivity contribution in [2.24, 2.45) is 0 Å².